The Morgan fingerprint density at radius 3 is 1.63 bits per heavy atom. The first-order chi connectivity index (χ1) is 14.5. The number of hydrogen-bond acceptors (Lipinski definition) is 5. The van der Waals surface area contributed by atoms with E-state index in [0.29, 0.717) is 17.6 Å². The molecule has 0 aliphatic carbocycles. The molecule has 0 saturated heterocycles. The second kappa shape index (κ2) is 9.93. The van der Waals surface area contributed by atoms with Crippen LogP contribution >= 0.6 is 0 Å². The quantitative estimate of drug-likeness (QED) is 0.309. The summed E-state index contributed by atoms with van der Waals surface area (Å²) in [6.45, 7) is 0.569. The molecule has 3 rings (SSSR count). The number of ketones is 1. The Kier molecular flexibility index (Phi) is 6.84. The number of ether oxygens (including phenoxy) is 2. The monoisotopic (exact) mass is 404 g/mol. The van der Waals surface area contributed by atoms with Gasteiger partial charge >= 0.3 is 5.97 Å². The van der Waals surface area contributed by atoms with Gasteiger partial charge in [0, 0.05) is 17.7 Å². The summed E-state index contributed by atoms with van der Waals surface area (Å²) in [4.78, 5) is 23.2. The van der Waals surface area contributed by atoms with Gasteiger partial charge in [-0.2, -0.15) is 0 Å². The Labute approximate surface area is 173 Å². The van der Waals surface area contributed by atoms with Crippen molar-refractivity contribution >= 4 is 11.8 Å². The van der Waals surface area contributed by atoms with Crippen LogP contribution in [0.2, 0.25) is 0 Å². The summed E-state index contributed by atoms with van der Waals surface area (Å²) in [7, 11) is 0. The third kappa shape index (κ3) is 5.97. The fraction of sp³-hybridized carbons (Fsp3) is 0.0833. The lowest BCUT2D eigenvalue weighted by atomic mass is 10.1. The minimum Gasteiger partial charge on any atom is -0.502 e. The number of carboxylic acid groups (broad SMARTS) is 1. The zero-order chi connectivity index (χ0) is 21.3. The van der Waals surface area contributed by atoms with Gasteiger partial charge in [-0.15, -0.1) is 0 Å². The Morgan fingerprint density at radius 1 is 0.733 bits per heavy atom. The number of aliphatic carboxylic acids is 1. The lowest BCUT2D eigenvalue weighted by molar-refractivity contribution is -0.135. The molecule has 30 heavy (non-hydrogen) atoms. The van der Waals surface area contributed by atoms with Gasteiger partial charge in [0.1, 0.15) is 24.7 Å². The number of allylic oxidation sites excluding steroid dienone is 1. The molecule has 3 aromatic rings. The molecule has 0 unspecified atom stereocenters. The normalized spacial score (nSPS) is 11.0. The number of carboxylic acids is 1. The molecule has 0 bridgehead atoms. The van der Waals surface area contributed by atoms with Crippen molar-refractivity contribution in [1.82, 2.24) is 0 Å². The molecule has 0 amide bonds. The van der Waals surface area contributed by atoms with E-state index in [1.807, 2.05) is 60.7 Å². The molecule has 6 nitrogen and oxygen atoms in total. The summed E-state index contributed by atoms with van der Waals surface area (Å²) in [5.41, 5.74) is 2.03. The average Bonchev–Trinajstić information content (AvgIpc) is 2.77. The lowest BCUT2D eigenvalue weighted by Gasteiger charge is -2.12. The van der Waals surface area contributed by atoms with Gasteiger partial charge in [-0.3, -0.25) is 4.79 Å². The molecular formula is C24H20O6. The minimum atomic E-state index is -1.58. The van der Waals surface area contributed by atoms with E-state index in [1.165, 1.54) is 12.1 Å². The van der Waals surface area contributed by atoms with Crippen molar-refractivity contribution in [3.8, 4) is 11.5 Å². The summed E-state index contributed by atoms with van der Waals surface area (Å²) in [5, 5.41) is 18.2. The number of aliphatic hydroxyl groups is 1. The molecular weight excluding hydrogens is 384 g/mol. The molecule has 6 heteroatoms. The van der Waals surface area contributed by atoms with Crippen molar-refractivity contribution < 1.29 is 29.3 Å². The first-order valence-electron chi connectivity index (χ1n) is 9.18. The van der Waals surface area contributed by atoms with Crippen molar-refractivity contribution in [3.05, 3.63) is 107 Å². The van der Waals surface area contributed by atoms with Crippen LogP contribution in [-0.2, 0) is 18.0 Å². The van der Waals surface area contributed by atoms with Gasteiger partial charge in [-0.05, 0) is 23.3 Å². The van der Waals surface area contributed by atoms with Crippen LogP contribution in [0.25, 0.3) is 0 Å². The van der Waals surface area contributed by atoms with Gasteiger partial charge in [0.2, 0.25) is 5.76 Å². The summed E-state index contributed by atoms with van der Waals surface area (Å²) in [5.74, 6) is -2.53. The Morgan fingerprint density at radius 2 is 1.20 bits per heavy atom. The first-order valence-corrected chi connectivity index (χ1v) is 9.18. The molecule has 0 aromatic heterocycles. The van der Waals surface area contributed by atoms with Crippen molar-refractivity contribution in [2.24, 2.45) is 0 Å². The van der Waals surface area contributed by atoms with E-state index >= 15 is 0 Å². The third-order valence-electron chi connectivity index (χ3n) is 4.15. The standard InChI is InChI=1S/C24H20O6/c25-22(14-23(26)24(27)28)19-11-20(29-15-17-7-3-1-4-8-17)13-21(12-19)30-16-18-9-5-2-6-10-18/h1-14,26H,15-16H2,(H,27,28)/b23-14-. The fourth-order valence-electron chi connectivity index (χ4n) is 2.63. The number of benzene rings is 3. The SMILES string of the molecule is O=C(O)/C(O)=C/C(=O)c1cc(OCc2ccccc2)cc(OCc2ccccc2)c1. The highest BCUT2D eigenvalue weighted by molar-refractivity contribution is 6.08. The first kappa shape index (κ1) is 20.7. The summed E-state index contributed by atoms with van der Waals surface area (Å²) in [6, 6.07) is 23.6. The minimum absolute atomic E-state index is 0.136. The van der Waals surface area contributed by atoms with Crippen LogP contribution in [0.3, 0.4) is 0 Å². The molecule has 0 radical (unpaired) electrons. The molecule has 0 spiro atoms. The molecule has 2 N–H and O–H groups in total. The molecule has 152 valence electrons. The average molecular weight is 404 g/mol. The maximum atomic E-state index is 12.4. The number of hydrogen-bond donors (Lipinski definition) is 2. The van der Waals surface area contributed by atoms with Gasteiger partial charge in [0.15, 0.2) is 5.78 Å². The maximum absolute atomic E-state index is 12.4. The van der Waals surface area contributed by atoms with E-state index < -0.39 is 17.5 Å². The number of carbonyl (C=O) groups is 2. The zero-order valence-corrected chi connectivity index (χ0v) is 16.0. The topological polar surface area (TPSA) is 93.1 Å². The van der Waals surface area contributed by atoms with Crippen molar-refractivity contribution in [2.45, 2.75) is 13.2 Å². The predicted molar refractivity (Wildman–Crippen MR) is 111 cm³/mol. The van der Waals surface area contributed by atoms with Crippen LogP contribution in [0.5, 0.6) is 11.5 Å². The highest BCUT2D eigenvalue weighted by Gasteiger charge is 2.13. The molecule has 0 saturated carbocycles. The largest absolute Gasteiger partial charge is 0.502 e. The van der Waals surface area contributed by atoms with E-state index in [-0.39, 0.29) is 18.8 Å². The van der Waals surface area contributed by atoms with E-state index in [9.17, 15) is 14.7 Å². The van der Waals surface area contributed by atoms with Crippen LogP contribution < -0.4 is 9.47 Å². The molecule has 0 fully saturated rings. The van der Waals surface area contributed by atoms with Crippen LogP contribution in [0.1, 0.15) is 21.5 Å². The van der Waals surface area contributed by atoms with Crippen LogP contribution in [-0.4, -0.2) is 22.0 Å². The fourth-order valence-corrected chi connectivity index (χ4v) is 2.63. The third-order valence-corrected chi connectivity index (χ3v) is 4.15. The molecule has 0 aliphatic heterocycles. The second-order valence-corrected chi connectivity index (χ2v) is 6.44. The van der Waals surface area contributed by atoms with Crippen molar-refractivity contribution in [2.75, 3.05) is 0 Å². The van der Waals surface area contributed by atoms with Gasteiger partial charge in [-0.1, -0.05) is 60.7 Å². The Balaban J connectivity index is 1.83. The highest BCUT2D eigenvalue weighted by atomic mass is 16.5. The number of carbonyl (C=O) groups excluding carboxylic acids is 1. The van der Waals surface area contributed by atoms with E-state index in [1.54, 1.807) is 6.07 Å². The van der Waals surface area contributed by atoms with Crippen molar-refractivity contribution in [3.63, 3.8) is 0 Å². The van der Waals surface area contributed by atoms with Crippen LogP contribution in [0.15, 0.2) is 90.7 Å². The lowest BCUT2D eigenvalue weighted by Crippen LogP contribution is -2.05. The summed E-state index contributed by atoms with van der Waals surface area (Å²) in [6.07, 6.45) is 0.652. The van der Waals surface area contributed by atoms with Crippen LogP contribution in [0.4, 0.5) is 0 Å². The molecule has 0 atom stereocenters. The van der Waals surface area contributed by atoms with E-state index in [4.69, 9.17) is 14.6 Å². The summed E-state index contributed by atoms with van der Waals surface area (Å²) < 4.78 is 11.6. The van der Waals surface area contributed by atoms with Gasteiger partial charge in [-0.25, -0.2) is 4.79 Å². The number of aliphatic hydroxyl groups excluding tert-OH is 1. The van der Waals surface area contributed by atoms with Gasteiger partial charge in [0.05, 0.1) is 0 Å². The van der Waals surface area contributed by atoms with Gasteiger partial charge in [0.25, 0.3) is 0 Å². The molecule has 0 aliphatic rings. The second-order valence-electron chi connectivity index (χ2n) is 6.44. The summed E-state index contributed by atoms with van der Waals surface area (Å²) >= 11 is 0. The Hall–Kier alpha value is -4.06. The van der Waals surface area contributed by atoms with E-state index in [0.717, 1.165) is 11.1 Å². The Bertz CT molecular complexity index is 980. The smallest absolute Gasteiger partial charge is 0.371 e. The highest BCUT2D eigenvalue weighted by Crippen LogP contribution is 2.25. The molecule has 3 aromatic carbocycles. The van der Waals surface area contributed by atoms with Crippen LogP contribution in [0, 0.1) is 0 Å². The maximum Gasteiger partial charge on any atom is 0.371 e. The van der Waals surface area contributed by atoms with Crippen molar-refractivity contribution in [1.29, 1.82) is 0 Å². The van der Waals surface area contributed by atoms with Gasteiger partial charge < -0.3 is 19.7 Å². The zero-order valence-electron chi connectivity index (χ0n) is 16.0. The predicted octanol–water partition coefficient (Wildman–Crippen LogP) is 4.55. The molecule has 0 heterocycles. The number of rotatable bonds is 9. The van der Waals surface area contributed by atoms with E-state index in [2.05, 4.69) is 0 Å².